The summed E-state index contributed by atoms with van der Waals surface area (Å²) in [7, 11) is 0. The van der Waals surface area contributed by atoms with Gasteiger partial charge in [0.2, 0.25) is 5.91 Å². The molecule has 0 unspecified atom stereocenters. The van der Waals surface area contributed by atoms with Crippen LogP contribution in [0.25, 0.3) is 0 Å². The average molecular weight is 522 g/mol. The molecule has 188 valence electrons. The van der Waals surface area contributed by atoms with Crippen LogP contribution in [0.15, 0.2) is 30.3 Å². The SMILES string of the molecule is Cc1cc(NC(=O)[C@@H](CC(=O)OC(C)(C)C)NC(=O)c2ccc(Cl)s2)ccc1N1CCOCC1=O. The summed E-state index contributed by atoms with van der Waals surface area (Å²) in [6.45, 7) is 7.90. The molecule has 1 aromatic heterocycles. The van der Waals surface area contributed by atoms with E-state index in [1.54, 1.807) is 56.0 Å². The van der Waals surface area contributed by atoms with E-state index < -0.39 is 29.4 Å². The summed E-state index contributed by atoms with van der Waals surface area (Å²) in [5.74, 6) is -1.87. The Labute approximate surface area is 212 Å². The number of ether oxygens (including phenoxy) is 2. The fourth-order valence-corrected chi connectivity index (χ4v) is 4.41. The highest BCUT2D eigenvalue weighted by Crippen LogP contribution is 2.25. The molecule has 1 saturated heterocycles. The quantitative estimate of drug-likeness (QED) is 0.539. The first kappa shape index (κ1) is 26.7. The number of carbonyl (C=O) groups excluding carboxylic acids is 4. The Morgan fingerprint density at radius 3 is 2.57 bits per heavy atom. The Balaban J connectivity index is 1.75. The van der Waals surface area contributed by atoms with Gasteiger partial charge in [0.05, 0.1) is 22.2 Å². The van der Waals surface area contributed by atoms with E-state index in [1.807, 2.05) is 6.92 Å². The van der Waals surface area contributed by atoms with Gasteiger partial charge in [0, 0.05) is 17.9 Å². The van der Waals surface area contributed by atoms with Crippen LogP contribution in [-0.2, 0) is 23.9 Å². The molecule has 1 aliphatic rings. The van der Waals surface area contributed by atoms with Crippen molar-refractivity contribution >= 4 is 58.0 Å². The van der Waals surface area contributed by atoms with Crippen LogP contribution in [0.3, 0.4) is 0 Å². The third-order valence-corrected chi connectivity index (χ3v) is 6.18. The minimum atomic E-state index is -1.18. The van der Waals surface area contributed by atoms with E-state index in [0.29, 0.717) is 28.1 Å². The number of thiophene rings is 1. The monoisotopic (exact) mass is 521 g/mol. The van der Waals surface area contributed by atoms with E-state index in [2.05, 4.69) is 10.6 Å². The Bertz CT molecular complexity index is 1130. The van der Waals surface area contributed by atoms with Crippen molar-refractivity contribution in [3.63, 3.8) is 0 Å². The van der Waals surface area contributed by atoms with Crippen LogP contribution >= 0.6 is 22.9 Å². The molecule has 1 aromatic carbocycles. The molecule has 0 radical (unpaired) electrons. The minimum Gasteiger partial charge on any atom is -0.460 e. The number of halogens is 1. The maximum Gasteiger partial charge on any atom is 0.308 e. The highest BCUT2D eigenvalue weighted by Gasteiger charge is 2.28. The maximum absolute atomic E-state index is 13.1. The second-order valence-corrected chi connectivity index (χ2v) is 10.7. The summed E-state index contributed by atoms with van der Waals surface area (Å²) < 4.78 is 10.9. The molecule has 11 heteroatoms. The number of hydrogen-bond acceptors (Lipinski definition) is 7. The lowest BCUT2D eigenvalue weighted by Gasteiger charge is -2.28. The van der Waals surface area contributed by atoms with Crippen molar-refractivity contribution in [2.75, 3.05) is 30.0 Å². The predicted molar refractivity (Wildman–Crippen MR) is 134 cm³/mol. The van der Waals surface area contributed by atoms with Gasteiger partial charge >= 0.3 is 5.97 Å². The van der Waals surface area contributed by atoms with Crippen LogP contribution in [0.4, 0.5) is 11.4 Å². The zero-order valence-corrected chi connectivity index (χ0v) is 21.5. The van der Waals surface area contributed by atoms with E-state index in [-0.39, 0.29) is 18.9 Å². The van der Waals surface area contributed by atoms with Gasteiger partial charge in [-0.25, -0.2) is 0 Å². The third kappa shape index (κ3) is 7.51. The summed E-state index contributed by atoms with van der Waals surface area (Å²) in [5, 5.41) is 5.34. The van der Waals surface area contributed by atoms with Gasteiger partial charge in [-0.2, -0.15) is 0 Å². The molecule has 2 heterocycles. The summed E-state index contributed by atoms with van der Waals surface area (Å²) in [5.41, 5.74) is 1.22. The smallest absolute Gasteiger partial charge is 0.308 e. The molecule has 3 amide bonds. The number of rotatable bonds is 7. The minimum absolute atomic E-state index is 0.0272. The number of benzene rings is 1. The number of nitrogens with one attached hydrogen (secondary N) is 2. The number of hydrogen-bond donors (Lipinski definition) is 2. The summed E-state index contributed by atoms with van der Waals surface area (Å²) in [6.07, 6.45) is -0.354. The first-order valence-electron chi connectivity index (χ1n) is 11.0. The lowest BCUT2D eigenvalue weighted by molar-refractivity contribution is -0.156. The van der Waals surface area contributed by atoms with Crippen molar-refractivity contribution in [3.8, 4) is 0 Å². The fraction of sp³-hybridized carbons (Fsp3) is 0.417. The van der Waals surface area contributed by atoms with Crippen molar-refractivity contribution < 1.29 is 28.7 Å². The number of amides is 3. The molecule has 1 aliphatic heterocycles. The maximum atomic E-state index is 13.1. The Morgan fingerprint density at radius 2 is 1.97 bits per heavy atom. The van der Waals surface area contributed by atoms with Gasteiger partial charge in [0.1, 0.15) is 18.2 Å². The standard InChI is InChI=1S/C24H28ClN3O6S/c1-14-11-15(5-6-17(14)28-9-10-33-13-20(28)29)26-22(31)16(12-21(30)34-24(2,3)4)27-23(32)18-7-8-19(25)35-18/h5-8,11,16H,9-10,12-13H2,1-4H3,(H,26,31)(H,27,32)/t16-/m1/s1. The number of nitrogens with zero attached hydrogens (tertiary/aromatic N) is 1. The Morgan fingerprint density at radius 1 is 1.23 bits per heavy atom. The molecular formula is C24H28ClN3O6S. The number of esters is 1. The Hall–Kier alpha value is -2.95. The molecule has 9 nitrogen and oxygen atoms in total. The number of anilines is 2. The lowest BCUT2D eigenvalue weighted by atomic mass is 10.1. The zero-order chi connectivity index (χ0) is 25.8. The molecule has 2 N–H and O–H groups in total. The van der Waals surface area contributed by atoms with Gasteiger partial charge in [-0.3, -0.25) is 19.2 Å². The Kier molecular flexibility index (Phi) is 8.52. The average Bonchev–Trinajstić information content (AvgIpc) is 3.19. The van der Waals surface area contributed by atoms with Crippen LogP contribution < -0.4 is 15.5 Å². The van der Waals surface area contributed by atoms with Crippen LogP contribution in [0.5, 0.6) is 0 Å². The number of carbonyl (C=O) groups is 4. The van der Waals surface area contributed by atoms with Gasteiger partial charge < -0.3 is 25.0 Å². The fourth-order valence-electron chi connectivity index (χ4n) is 3.46. The van der Waals surface area contributed by atoms with E-state index in [9.17, 15) is 19.2 Å². The third-order valence-electron chi connectivity index (χ3n) is 4.95. The largest absolute Gasteiger partial charge is 0.460 e. The van der Waals surface area contributed by atoms with Crippen LogP contribution in [0.1, 0.15) is 42.4 Å². The van der Waals surface area contributed by atoms with Crippen molar-refractivity contribution in [1.82, 2.24) is 5.32 Å². The molecule has 0 bridgehead atoms. The van der Waals surface area contributed by atoms with E-state index >= 15 is 0 Å². The van der Waals surface area contributed by atoms with Gasteiger partial charge in [-0.1, -0.05) is 11.6 Å². The molecule has 1 fully saturated rings. The van der Waals surface area contributed by atoms with E-state index in [4.69, 9.17) is 21.1 Å². The zero-order valence-electron chi connectivity index (χ0n) is 20.0. The molecule has 1 atom stereocenters. The molecule has 0 aliphatic carbocycles. The van der Waals surface area contributed by atoms with Crippen molar-refractivity contribution in [2.24, 2.45) is 0 Å². The highest BCUT2D eigenvalue weighted by molar-refractivity contribution is 7.18. The summed E-state index contributed by atoms with van der Waals surface area (Å²) >= 11 is 6.98. The highest BCUT2D eigenvalue weighted by atomic mass is 35.5. The van der Waals surface area contributed by atoms with Crippen LogP contribution in [0, 0.1) is 6.92 Å². The van der Waals surface area contributed by atoms with Crippen molar-refractivity contribution in [3.05, 3.63) is 45.1 Å². The van der Waals surface area contributed by atoms with Crippen LogP contribution in [-0.4, -0.2) is 55.1 Å². The van der Waals surface area contributed by atoms with Gasteiger partial charge in [0.15, 0.2) is 0 Å². The molecular weight excluding hydrogens is 494 g/mol. The van der Waals surface area contributed by atoms with E-state index in [0.717, 1.165) is 22.6 Å². The number of morpholine rings is 1. The normalized spacial score (nSPS) is 14.9. The van der Waals surface area contributed by atoms with Crippen LogP contribution in [0.2, 0.25) is 4.34 Å². The van der Waals surface area contributed by atoms with Crippen molar-refractivity contribution in [1.29, 1.82) is 0 Å². The molecule has 0 spiro atoms. The summed E-state index contributed by atoms with van der Waals surface area (Å²) in [4.78, 5) is 52.3. The van der Waals surface area contributed by atoms with Crippen molar-refractivity contribution in [2.45, 2.75) is 45.8 Å². The van der Waals surface area contributed by atoms with Gasteiger partial charge in [0.25, 0.3) is 11.8 Å². The van der Waals surface area contributed by atoms with Gasteiger partial charge in [-0.15, -0.1) is 11.3 Å². The molecule has 35 heavy (non-hydrogen) atoms. The summed E-state index contributed by atoms with van der Waals surface area (Å²) in [6, 6.07) is 7.06. The first-order chi connectivity index (χ1) is 16.4. The van der Waals surface area contributed by atoms with Gasteiger partial charge in [-0.05, 0) is 63.6 Å². The topological polar surface area (TPSA) is 114 Å². The predicted octanol–water partition coefficient (Wildman–Crippen LogP) is 3.54. The second kappa shape index (κ2) is 11.2. The molecule has 2 aromatic rings. The number of aryl methyl sites for hydroxylation is 1. The molecule has 0 saturated carbocycles. The first-order valence-corrected chi connectivity index (χ1v) is 12.2. The molecule has 3 rings (SSSR count). The lowest BCUT2D eigenvalue weighted by Crippen LogP contribution is -2.45. The van der Waals surface area contributed by atoms with E-state index in [1.165, 1.54) is 0 Å². The second-order valence-electron chi connectivity index (χ2n) is 9.01.